The minimum Gasteiger partial charge on any atom is -1.00 e. The summed E-state index contributed by atoms with van der Waals surface area (Å²) >= 11 is 1.86. The average molecular weight is 167 g/mol. The first-order valence-electron chi connectivity index (χ1n) is 3.12. The topological polar surface area (TPSA) is 0 Å². The van der Waals surface area contributed by atoms with Crippen LogP contribution in [0.15, 0.2) is 30.3 Å². The average Bonchev–Trinajstić information content (AvgIpc) is 1.94. The molecular weight excluding hydrogens is 156 g/mol. The van der Waals surface area contributed by atoms with E-state index in [-0.39, 0.29) is 12.4 Å². The predicted octanol–water partition coefficient (Wildman–Crippen LogP) is -0.798. The summed E-state index contributed by atoms with van der Waals surface area (Å²) in [5.74, 6) is 0. The van der Waals surface area contributed by atoms with Gasteiger partial charge in [0.25, 0.3) is 0 Å². The van der Waals surface area contributed by atoms with E-state index in [1.165, 1.54) is 5.56 Å². The van der Waals surface area contributed by atoms with E-state index in [0.29, 0.717) is 0 Å². The van der Waals surface area contributed by atoms with E-state index in [4.69, 9.17) is 0 Å². The van der Waals surface area contributed by atoms with Crippen molar-refractivity contribution >= 4 is 21.7 Å². The van der Waals surface area contributed by atoms with Crippen LogP contribution in [0.4, 0.5) is 0 Å². The summed E-state index contributed by atoms with van der Waals surface area (Å²) in [4.78, 5) is 0. The number of halogens is 1. The molecule has 1 aromatic rings. The van der Waals surface area contributed by atoms with Crippen molar-refractivity contribution in [3.63, 3.8) is 0 Å². The van der Waals surface area contributed by atoms with Crippen molar-refractivity contribution in [2.45, 2.75) is 12.0 Å². The molecule has 0 aliphatic carbocycles. The van der Waals surface area contributed by atoms with Crippen LogP contribution in [0.1, 0.15) is 5.56 Å². The van der Waals surface area contributed by atoms with E-state index in [9.17, 15) is 0 Å². The second kappa shape index (κ2) is 9.28. The third-order valence-electron chi connectivity index (χ3n) is 0.940. The van der Waals surface area contributed by atoms with Crippen LogP contribution < -0.4 is 12.4 Å². The van der Waals surface area contributed by atoms with Gasteiger partial charge in [-0.05, 0) is 6.92 Å². The Labute approximate surface area is 81.9 Å². The van der Waals surface area contributed by atoms with Gasteiger partial charge < -0.3 is 12.4 Å². The summed E-state index contributed by atoms with van der Waals surface area (Å²) in [5, 5.41) is 2.03. The SMILES string of the molecule is Cc1ccccc1.[CH3][Mg+].[Cl-]. The van der Waals surface area contributed by atoms with E-state index >= 15 is 0 Å². The van der Waals surface area contributed by atoms with E-state index in [1.54, 1.807) is 0 Å². The van der Waals surface area contributed by atoms with Gasteiger partial charge in [-0.25, -0.2) is 0 Å². The predicted molar refractivity (Wildman–Crippen MR) is 42.8 cm³/mol. The van der Waals surface area contributed by atoms with Crippen molar-refractivity contribution in [1.29, 1.82) is 0 Å². The van der Waals surface area contributed by atoms with Gasteiger partial charge in [0.1, 0.15) is 0 Å². The molecule has 0 nitrogen and oxygen atoms in total. The van der Waals surface area contributed by atoms with Gasteiger partial charge in [0.05, 0.1) is 0 Å². The minimum atomic E-state index is 0. The molecule has 0 amide bonds. The first-order valence-corrected chi connectivity index (χ1v) is 4.53. The Morgan fingerprint density at radius 3 is 1.60 bits per heavy atom. The van der Waals surface area contributed by atoms with Crippen molar-refractivity contribution in [2.24, 2.45) is 0 Å². The summed E-state index contributed by atoms with van der Waals surface area (Å²) in [7, 11) is 0. The molecule has 0 saturated heterocycles. The normalized spacial score (nSPS) is 6.80. The van der Waals surface area contributed by atoms with Crippen molar-refractivity contribution < 1.29 is 12.4 Å². The molecule has 0 heterocycles. The zero-order valence-corrected chi connectivity index (χ0v) is 8.64. The van der Waals surface area contributed by atoms with Crippen LogP contribution in [0.3, 0.4) is 0 Å². The van der Waals surface area contributed by atoms with Crippen LogP contribution >= 0.6 is 0 Å². The largest absolute Gasteiger partial charge is 1.00 e. The van der Waals surface area contributed by atoms with Crippen LogP contribution in [-0.4, -0.2) is 21.7 Å². The van der Waals surface area contributed by atoms with Gasteiger partial charge in [0.2, 0.25) is 0 Å². The van der Waals surface area contributed by atoms with Crippen molar-refractivity contribution in [3.05, 3.63) is 35.9 Å². The summed E-state index contributed by atoms with van der Waals surface area (Å²) in [5.41, 5.74) is 1.32. The summed E-state index contributed by atoms with van der Waals surface area (Å²) in [6.45, 7) is 2.08. The van der Waals surface area contributed by atoms with E-state index in [0.717, 1.165) is 0 Å². The molecule has 0 fully saturated rings. The van der Waals surface area contributed by atoms with Gasteiger partial charge in [-0.15, -0.1) is 0 Å². The molecule has 0 aliphatic heterocycles. The maximum absolute atomic E-state index is 2.08. The Bertz CT molecular complexity index is 139. The molecule has 0 radical (unpaired) electrons. The van der Waals surface area contributed by atoms with Crippen LogP contribution in [0, 0.1) is 6.92 Å². The smallest absolute Gasteiger partial charge is 1.00 e. The van der Waals surface area contributed by atoms with Crippen molar-refractivity contribution in [1.82, 2.24) is 0 Å². The Balaban J connectivity index is 0. The fourth-order valence-electron chi connectivity index (χ4n) is 0.534. The van der Waals surface area contributed by atoms with E-state index in [1.807, 2.05) is 45.0 Å². The Morgan fingerprint density at radius 1 is 1.00 bits per heavy atom. The van der Waals surface area contributed by atoms with Gasteiger partial charge in [0.15, 0.2) is 0 Å². The molecule has 10 heavy (non-hydrogen) atoms. The van der Waals surface area contributed by atoms with Gasteiger partial charge in [-0.2, -0.15) is 0 Å². The number of rotatable bonds is 0. The molecule has 0 bridgehead atoms. The fourth-order valence-corrected chi connectivity index (χ4v) is 0.534. The molecule has 0 aliphatic rings. The molecule has 1 rings (SSSR count). The van der Waals surface area contributed by atoms with Gasteiger partial charge in [-0.1, -0.05) is 35.9 Å². The first-order chi connectivity index (χ1) is 4.39. The second-order valence-electron chi connectivity index (χ2n) is 1.65. The Morgan fingerprint density at radius 2 is 1.40 bits per heavy atom. The first kappa shape index (κ1) is 12.9. The van der Waals surface area contributed by atoms with Crippen LogP contribution in [-0.2, 0) is 0 Å². The van der Waals surface area contributed by atoms with Gasteiger partial charge in [-0.3, -0.25) is 0 Å². The maximum Gasteiger partial charge on any atom is -1.00 e. The number of benzene rings is 1. The van der Waals surface area contributed by atoms with E-state index < -0.39 is 0 Å². The number of hydrogen-bond donors (Lipinski definition) is 0. The van der Waals surface area contributed by atoms with E-state index in [2.05, 4.69) is 19.1 Å². The second-order valence-corrected chi connectivity index (χ2v) is 1.65. The molecular formula is C8H11ClMg. The van der Waals surface area contributed by atoms with Crippen LogP contribution in [0.2, 0.25) is 5.05 Å². The molecule has 2 heteroatoms. The third-order valence-corrected chi connectivity index (χ3v) is 0.940. The molecule has 0 unspecified atom stereocenters. The molecule has 1 aromatic carbocycles. The molecule has 0 spiro atoms. The van der Waals surface area contributed by atoms with Gasteiger partial charge in [0, 0.05) is 0 Å². The van der Waals surface area contributed by atoms with Crippen molar-refractivity contribution in [3.8, 4) is 0 Å². The summed E-state index contributed by atoms with van der Waals surface area (Å²) in [6, 6.07) is 10.3. The van der Waals surface area contributed by atoms with Crippen LogP contribution in [0.5, 0.6) is 0 Å². The van der Waals surface area contributed by atoms with Crippen LogP contribution in [0.25, 0.3) is 0 Å². The van der Waals surface area contributed by atoms with Gasteiger partial charge >= 0.3 is 26.8 Å². The quantitative estimate of drug-likeness (QED) is 0.444. The zero-order chi connectivity index (χ0) is 7.11. The third kappa shape index (κ3) is 6.40. The van der Waals surface area contributed by atoms with Crippen molar-refractivity contribution in [2.75, 3.05) is 0 Å². The number of hydrogen-bond acceptors (Lipinski definition) is 0. The molecule has 0 aromatic heterocycles. The zero-order valence-electron chi connectivity index (χ0n) is 6.47. The Hall–Kier alpha value is 0.276. The minimum absolute atomic E-state index is 0. The molecule has 52 valence electrons. The monoisotopic (exact) mass is 166 g/mol. The molecule has 0 N–H and O–H groups in total. The summed E-state index contributed by atoms with van der Waals surface area (Å²) < 4.78 is 0. The maximum atomic E-state index is 2.08. The molecule has 0 atom stereocenters. The fraction of sp³-hybridized carbons (Fsp3) is 0.250. The standard InChI is InChI=1S/C7H8.CH3.ClH.Mg/c1-7-5-3-2-4-6-7;;;/h2-6H,1H3;1H3;1H;/q;;;+1/p-1. The molecule has 0 saturated carbocycles. The Kier molecular flexibility index (Phi) is 12.0. The number of aryl methyl sites for hydroxylation is 1. The summed E-state index contributed by atoms with van der Waals surface area (Å²) in [6.07, 6.45) is 0.